The maximum Gasteiger partial charge on any atom is 0.411 e. The van der Waals surface area contributed by atoms with Gasteiger partial charge in [-0.2, -0.15) is 4.67 Å². The van der Waals surface area contributed by atoms with Gasteiger partial charge in [-0.1, -0.05) is 32.4 Å². The summed E-state index contributed by atoms with van der Waals surface area (Å²) < 4.78 is 17.5. The molecular formula is C9H20Cl2NO5P. The van der Waals surface area contributed by atoms with Crippen LogP contribution >= 0.6 is 30.9 Å². The zero-order valence-corrected chi connectivity index (χ0v) is 13.0. The van der Waals surface area contributed by atoms with Crippen LogP contribution in [-0.2, 0) is 9.09 Å². The highest BCUT2D eigenvalue weighted by atomic mass is 35.5. The van der Waals surface area contributed by atoms with Gasteiger partial charge in [-0.05, 0) is 0 Å². The SMILES string of the molecule is CC(C)(C)C(Cl)(CCCl)OP(=O)(O)N(CO)CO. The Morgan fingerprint density at radius 2 is 1.72 bits per heavy atom. The Kier molecular flexibility index (Phi) is 7.09. The van der Waals surface area contributed by atoms with Gasteiger partial charge in [0.25, 0.3) is 0 Å². The second kappa shape index (κ2) is 6.86. The molecule has 0 fully saturated rings. The van der Waals surface area contributed by atoms with Crippen LogP contribution in [0.1, 0.15) is 27.2 Å². The highest BCUT2D eigenvalue weighted by Gasteiger charge is 2.47. The molecule has 2 atom stereocenters. The second-order valence-electron chi connectivity index (χ2n) is 4.79. The number of hydrogen-bond donors (Lipinski definition) is 3. The minimum Gasteiger partial charge on any atom is -0.380 e. The second-order valence-corrected chi connectivity index (χ2v) is 7.51. The van der Waals surface area contributed by atoms with Gasteiger partial charge in [-0.15, -0.1) is 11.6 Å². The molecule has 0 heterocycles. The maximum atomic E-state index is 11.9. The normalized spacial score (nSPS) is 19.6. The van der Waals surface area contributed by atoms with Crippen LogP contribution in [0.5, 0.6) is 0 Å². The average molecular weight is 324 g/mol. The van der Waals surface area contributed by atoms with Crippen LogP contribution < -0.4 is 0 Å². The first-order valence-corrected chi connectivity index (χ1v) is 7.74. The van der Waals surface area contributed by atoms with Crippen molar-refractivity contribution in [3.05, 3.63) is 0 Å². The number of alkyl halides is 2. The number of aliphatic hydroxyl groups excluding tert-OH is 2. The fourth-order valence-corrected chi connectivity index (χ4v) is 3.03. The summed E-state index contributed by atoms with van der Waals surface area (Å²) in [5.41, 5.74) is -0.668. The predicted molar refractivity (Wildman–Crippen MR) is 70.3 cm³/mol. The quantitative estimate of drug-likeness (QED) is 0.377. The molecule has 0 aliphatic rings. The Morgan fingerprint density at radius 1 is 1.28 bits per heavy atom. The minimum atomic E-state index is -4.41. The molecule has 0 saturated carbocycles. The molecule has 0 spiro atoms. The fraction of sp³-hybridized carbons (Fsp3) is 1.00. The lowest BCUT2D eigenvalue weighted by Gasteiger charge is -2.41. The molecule has 0 bridgehead atoms. The van der Waals surface area contributed by atoms with E-state index in [1.54, 1.807) is 20.8 Å². The summed E-state index contributed by atoms with van der Waals surface area (Å²) in [5.74, 6) is 0.138. The molecule has 9 heteroatoms. The van der Waals surface area contributed by atoms with E-state index in [0.717, 1.165) is 0 Å². The monoisotopic (exact) mass is 323 g/mol. The van der Waals surface area contributed by atoms with Crippen molar-refractivity contribution in [2.75, 3.05) is 19.3 Å². The molecule has 0 aromatic rings. The molecule has 0 saturated heterocycles. The van der Waals surface area contributed by atoms with E-state index < -0.39 is 31.7 Å². The van der Waals surface area contributed by atoms with E-state index in [1.807, 2.05) is 0 Å². The molecular weight excluding hydrogens is 304 g/mol. The van der Waals surface area contributed by atoms with Crippen LogP contribution in [0, 0.1) is 5.41 Å². The van der Waals surface area contributed by atoms with E-state index in [4.69, 9.17) is 37.9 Å². The Bertz CT molecular complexity index is 308. The van der Waals surface area contributed by atoms with Crippen molar-refractivity contribution >= 4 is 30.9 Å². The number of halogens is 2. The third kappa shape index (κ3) is 4.62. The lowest BCUT2D eigenvalue weighted by atomic mass is 9.87. The molecule has 18 heavy (non-hydrogen) atoms. The van der Waals surface area contributed by atoms with Gasteiger partial charge in [0, 0.05) is 17.7 Å². The summed E-state index contributed by atoms with van der Waals surface area (Å²) in [5, 5.41) is 16.3. The van der Waals surface area contributed by atoms with Crippen LogP contribution in [0.2, 0.25) is 0 Å². The van der Waals surface area contributed by atoms with Crippen molar-refractivity contribution in [1.29, 1.82) is 0 Å². The van der Waals surface area contributed by atoms with Gasteiger partial charge in [0.1, 0.15) is 13.5 Å². The zero-order chi connectivity index (χ0) is 14.6. The van der Waals surface area contributed by atoms with E-state index >= 15 is 0 Å². The lowest BCUT2D eigenvalue weighted by molar-refractivity contribution is -0.00312. The van der Waals surface area contributed by atoms with Gasteiger partial charge >= 0.3 is 7.75 Å². The molecule has 2 unspecified atom stereocenters. The molecule has 0 aromatic heterocycles. The van der Waals surface area contributed by atoms with Crippen molar-refractivity contribution < 1.29 is 24.2 Å². The van der Waals surface area contributed by atoms with E-state index in [-0.39, 0.29) is 12.3 Å². The summed E-state index contributed by atoms with van der Waals surface area (Å²) in [7, 11) is -4.41. The van der Waals surface area contributed by atoms with E-state index in [2.05, 4.69) is 0 Å². The average Bonchev–Trinajstić information content (AvgIpc) is 2.16. The topological polar surface area (TPSA) is 90.2 Å². The molecule has 6 nitrogen and oxygen atoms in total. The van der Waals surface area contributed by atoms with Crippen molar-refractivity contribution in [1.82, 2.24) is 4.67 Å². The van der Waals surface area contributed by atoms with Gasteiger partial charge in [0.15, 0.2) is 5.06 Å². The summed E-state index contributed by atoms with van der Waals surface area (Å²) in [6, 6.07) is 0. The lowest BCUT2D eigenvalue weighted by Crippen LogP contribution is -2.41. The molecule has 3 N–H and O–H groups in total. The number of aliphatic hydroxyl groups is 2. The Hall–Kier alpha value is 0.610. The minimum absolute atomic E-state index is 0.134. The highest BCUT2D eigenvalue weighted by Crippen LogP contribution is 2.55. The molecule has 0 radical (unpaired) electrons. The maximum absolute atomic E-state index is 11.9. The Morgan fingerprint density at radius 3 is 2.00 bits per heavy atom. The molecule has 0 aliphatic heterocycles. The third-order valence-electron chi connectivity index (χ3n) is 2.48. The van der Waals surface area contributed by atoms with Crippen molar-refractivity contribution in [2.24, 2.45) is 5.41 Å². The number of nitrogens with zero attached hydrogens (tertiary/aromatic N) is 1. The van der Waals surface area contributed by atoms with Crippen LogP contribution in [-0.4, -0.2) is 44.2 Å². The molecule has 0 amide bonds. The van der Waals surface area contributed by atoms with E-state index in [0.29, 0.717) is 4.67 Å². The van der Waals surface area contributed by atoms with Crippen molar-refractivity contribution in [3.8, 4) is 0 Å². The van der Waals surface area contributed by atoms with E-state index in [1.165, 1.54) is 0 Å². The van der Waals surface area contributed by atoms with Crippen LogP contribution in [0.15, 0.2) is 0 Å². The van der Waals surface area contributed by atoms with Crippen LogP contribution in [0.3, 0.4) is 0 Å². The summed E-state index contributed by atoms with van der Waals surface area (Å²) in [4.78, 5) is 9.71. The van der Waals surface area contributed by atoms with Gasteiger partial charge in [-0.3, -0.25) is 4.52 Å². The fourth-order valence-electron chi connectivity index (χ4n) is 1.13. The highest BCUT2D eigenvalue weighted by molar-refractivity contribution is 7.50. The summed E-state index contributed by atoms with van der Waals surface area (Å²) >= 11 is 11.8. The van der Waals surface area contributed by atoms with Crippen molar-refractivity contribution in [2.45, 2.75) is 32.3 Å². The van der Waals surface area contributed by atoms with Crippen molar-refractivity contribution in [3.63, 3.8) is 0 Å². The first-order valence-electron chi connectivity index (χ1n) is 5.29. The van der Waals surface area contributed by atoms with Gasteiger partial charge in [0.2, 0.25) is 0 Å². The largest absolute Gasteiger partial charge is 0.411 e. The Balaban J connectivity index is 5.17. The molecule has 0 rings (SSSR count). The smallest absolute Gasteiger partial charge is 0.380 e. The predicted octanol–water partition coefficient (Wildman–Crippen LogP) is 1.92. The Labute approximate surface area is 117 Å². The first kappa shape index (κ1) is 18.6. The summed E-state index contributed by atoms with van der Waals surface area (Å²) in [6.07, 6.45) is 0.134. The summed E-state index contributed by atoms with van der Waals surface area (Å²) in [6.45, 7) is 3.53. The number of rotatable bonds is 7. The van der Waals surface area contributed by atoms with E-state index in [9.17, 15) is 9.46 Å². The van der Waals surface area contributed by atoms with Gasteiger partial charge in [-0.25, -0.2) is 4.57 Å². The standard InChI is InChI=1S/C9H20Cl2NO5P/c1-8(2,3)9(11,4-5-10)17-18(15,16)12(6-13)7-14/h13-14H,4-7H2,1-3H3,(H,15,16). The van der Waals surface area contributed by atoms with Crippen LogP contribution in [0.25, 0.3) is 0 Å². The van der Waals surface area contributed by atoms with Gasteiger partial charge < -0.3 is 15.1 Å². The molecule has 0 aliphatic carbocycles. The molecule has 0 aromatic carbocycles. The number of hydrogen-bond acceptors (Lipinski definition) is 4. The first-order chi connectivity index (χ1) is 8.04. The third-order valence-corrected chi connectivity index (χ3v) is 5.13. The van der Waals surface area contributed by atoms with Crippen LogP contribution in [0.4, 0.5) is 0 Å². The van der Waals surface area contributed by atoms with Gasteiger partial charge in [0.05, 0.1) is 0 Å². The molecule has 110 valence electrons. The zero-order valence-electron chi connectivity index (χ0n) is 10.6.